The van der Waals surface area contributed by atoms with Crippen molar-refractivity contribution in [3.05, 3.63) is 53.6 Å². The summed E-state index contributed by atoms with van der Waals surface area (Å²) in [6.45, 7) is 9.16. The van der Waals surface area contributed by atoms with Crippen molar-refractivity contribution in [3.8, 4) is 0 Å². The van der Waals surface area contributed by atoms with Crippen molar-refractivity contribution in [2.24, 2.45) is 0 Å². The average molecular weight is 258 g/mol. The number of hydrogen-bond donors (Lipinski definition) is 0. The smallest absolute Gasteiger partial charge is 0.0154 e. The van der Waals surface area contributed by atoms with Gasteiger partial charge in [0.25, 0.3) is 0 Å². The Balaban J connectivity index is 2.40. The van der Waals surface area contributed by atoms with Crippen LogP contribution in [-0.4, -0.2) is 5.25 Å². The van der Waals surface area contributed by atoms with E-state index in [0.717, 1.165) is 6.42 Å². The molecule has 0 nitrogen and oxygen atoms in total. The van der Waals surface area contributed by atoms with Gasteiger partial charge < -0.3 is 0 Å². The van der Waals surface area contributed by atoms with E-state index in [1.807, 2.05) is 11.8 Å². The molecule has 0 unspecified atom stereocenters. The molecule has 2 rings (SSSR count). The summed E-state index contributed by atoms with van der Waals surface area (Å²) < 4.78 is 0. The van der Waals surface area contributed by atoms with Crippen molar-refractivity contribution >= 4 is 11.8 Å². The van der Waals surface area contributed by atoms with Crippen molar-refractivity contribution in [3.63, 3.8) is 0 Å². The Bertz CT molecular complexity index is 478. The standard InChI is InChI=1S/C17H22S/c1-13(2)18-16-12-8-7-11-15(16)17(3,4)14-9-5-6-10-14/h5,7-13H,6H2,1-4H3. The first-order valence-electron chi connectivity index (χ1n) is 6.65. The molecule has 96 valence electrons. The lowest BCUT2D eigenvalue weighted by atomic mass is 9.78. The van der Waals surface area contributed by atoms with Crippen LogP contribution in [0.1, 0.15) is 39.7 Å². The van der Waals surface area contributed by atoms with Crippen molar-refractivity contribution in [2.45, 2.75) is 49.7 Å². The van der Waals surface area contributed by atoms with Crippen LogP contribution in [0.4, 0.5) is 0 Å². The van der Waals surface area contributed by atoms with Crippen molar-refractivity contribution in [1.82, 2.24) is 0 Å². The summed E-state index contributed by atoms with van der Waals surface area (Å²) in [5, 5.41) is 0.620. The Morgan fingerprint density at radius 1 is 1.17 bits per heavy atom. The van der Waals surface area contributed by atoms with Crippen molar-refractivity contribution in [2.75, 3.05) is 0 Å². The summed E-state index contributed by atoms with van der Waals surface area (Å²) in [5.74, 6) is 0. The Hall–Kier alpha value is -0.950. The SMILES string of the molecule is CC(C)Sc1ccccc1C(C)(C)C1=CCC=C1. The molecular weight excluding hydrogens is 236 g/mol. The summed E-state index contributed by atoms with van der Waals surface area (Å²) in [4.78, 5) is 1.42. The Morgan fingerprint density at radius 2 is 1.89 bits per heavy atom. The minimum Gasteiger partial charge on any atom is -0.123 e. The molecule has 1 aliphatic carbocycles. The van der Waals surface area contributed by atoms with Gasteiger partial charge in [-0.25, -0.2) is 0 Å². The largest absolute Gasteiger partial charge is 0.123 e. The van der Waals surface area contributed by atoms with E-state index in [4.69, 9.17) is 0 Å². The second kappa shape index (κ2) is 5.36. The van der Waals surface area contributed by atoms with Crippen LogP contribution in [0.2, 0.25) is 0 Å². The van der Waals surface area contributed by atoms with Gasteiger partial charge >= 0.3 is 0 Å². The van der Waals surface area contributed by atoms with Gasteiger partial charge in [0, 0.05) is 15.6 Å². The van der Waals surface area contributed by atoms with Gasteiger partial charge in [-0.15, -0.1) is 11.8 Å². The van der Waals surface area contributed by atoms with Gasteiger partial charge in [-0.05, 0) is 23.6 Å². The van der Waals surface area contributed by atoms with Crippen LogP contribution in [0.3, 0.4) is 0 Å². The highest BCUT2D eigenvalue weighted by atomic mass is 32.2. The van der Waals surface area contributed by atoms with Gasteiger partial charge in [0.15, 0.2) is 0 Å². The molecule has 0 aromatic heterocycles. The maximum absolute atomic E-state index is 2.34. The molecule has 1 aromatic carbocycles. The molecule has 1 heteroatoms. The molecule has 0 amide bonds. The summed E-state index contributed by atoms with van der Waals surface area (Å²) >= 11 is 1.96. The van der Waals surface area contributed by atoms with Gasteiger partial charge in [-0.3, -0.25) is 0 Å². The Morgan fingerprint density at radius 3 is 2.50 bits per heavy atom. The molecule has 0 N–H and O–H groups in total. The maximum Gasteiger partial charge on any atom is 0.0154 e. The van der Waals surface area contributed by atoms with Gasteiger partial charge in [0.2, 0.25) is 0 Å². The van der Waals surface area contributed by atoms with E-state index in [9.17, 15) is 0 Å². The minimum atomic E-state index is 0.103. The predicted octanol–water partition coefficient (Wildman–Crippen LogP) is 5.35. The molecule has 0 radical (unpaired) electrons. The van der Waals surface area contributed by atoms with Crippen LogP contribution in [0.5, 0.6) is 0 Å². The van der Waals surface area contributed by atoms with Crippen LogP contribution >= 0.6 is 11.8 Å². The molecule has 18 heavy (non-hydrogen) atoms. The molecule has 0 atom stereocenters. The maximum atomic E-state index is 2.34. The zero-order valence-electron chi connectivity index (χ0n) is 11.7. The van der Waals surface area contributed by atoms with Crippen molar-refractivity contribution in [1.29, 1.82) is 0 Å². The quantitative estimate of drug-likeness (QED) is 0.656. The number of rotatable bonds is 4. The fourth-order valence-electron chi connectivity index (χ4n) is 2.42. The third-order valence-corrected chi connectivity index (χ3v) is 4.50. The van der Waals surface area contributed by atoms with E-state index in [2.05, 4.69) is 70.2 Å². The lowest BCUT2D eigenvalue weighted by Gasteiger charge is -2.29. The molecule has 1 aromatic rings. The highest BCUT2D eigenvalue weighted by Gasteiger charge is 2.27. The molecule has 0 aliphatic heterocycles. The van der Waals surface area contributed by atoms with Gasteiger partial charge in [0.05, 0.1) is 0 Å². The molecule has 0 saturated heterocycles. The van der Waals surface area contributed by atoms with Gasteiger partial charge in [-0.2, -0.15) is 0 Å². The lowest BCUT2D eigenvalue weighted by Crippen LogP contribution is -2.20. The van der Waals surface area contributed by atoms with Crippen LogP contribution in [0.15, 0.2) is 53.0 Å². The van der Waals surface area contributed by atoms with E-state index < -0.39 is 0 Å². The second-order valence-corrected chi connectivity index (χ2v) is 7.20. The third-order valence-electron chi connectivity index (χ3n) is 3.42. The summed E-state index contributed by atoms with van der Waals surface area (Å²) in [6, 6.07) is 8.82. The molecule has 0 spiro atoms. The minimum absolute atomic E-state index is 0.103. The van der Waals surface area contributed by atoms with Crippen molar-refractivity contribution < 1.29 is 0 Å². The van der Waals surface area contributed by atoms with E-state index >= 15 is 0 Å². The number of benzene rings is 1. The van der Waals surface area contributed by atoms with E-state index in [1.54, 1.807) is 0 Å². The predicted molar refractivity (Wildman–Crippen MR) is 82.3 cm³/mol. The van der Waals surface area contributed by atoms with Gasteiger partial charge in [-0.1, -0.05) is 64.1 Å². The average Bonchev–Trinajstić information content (AvgIpc) is 2.82. The highest BCUT2D eigenvalue weighted by molar-refractivity contribution is 8.00. The molecule has 0 saturated carbocycles. The second-order valence-electron chi connectivity index (χ2n) is 5.59. The first-order chi connectivity index (χ1) is 8.51. The fourth-order valence-corrected chi connectivity index (χ4v) is 3.53. The molecule has 1 aliphatic rings. The molecule has 0 heterocycles. The summed E-state index contributed by atoms with van der Waals surface area (Å²) in [6.07, 6.45) is 7.95. The van der Waals surface area contributed by atoms with E-state index in [0.29, 0.717) is 5.25 Å². The van der Waals surface area contributed by atoms with Gasteiger partial charge in [0.1, 0.15) is 0 Å². The topological polar surface area (TPSA) is 0 Å². The van der Waals surface area contributed by atoms with Crippen LogP contribution in [-0.2, 0) is 5.41 Å². The molecule has 0 bridgehead atoms. The number of hydrogen-bond acceptors (Lipinski definition) is 1. The molecular formula is C17H22S. The zero-order chi connectivity index (χ0) is 13.2. The highest BCUT2D eigenvalue weighted by Crippen LogP contribution is 2.40. The van der Waals surface area contributed by atoms with Crippen LogP contribution in [0, 0.1) is 0 Å². The third kappa shape index (κ3) is 2.72. The summed E-state index contributed by atoms with van der Waals surface area (Å²) in [7, 11) is 0. The van der Waals surface area contributed by atoms with E-state index in [-0.39, 0.29) is 5.41 Å². The zero-order valence-corrected chi connectivity index (χ0v) is 12.6. The lowest BCUT2D eigenvalue weighted by molar-refractivity contribution is 0.626. The first-order valence-corrected chi connectivity index (χ1v) is 7.53. The number of allylic oxidation sites excluding steroid dienone is 4. The Kier molecular flexibility index (Phi) is 4.01. The molecule has 0 fully saturated rings. The summed E-state index contributed by atoms with van der Waals surface area (Å²) in [5.41, 5.74) is 2.99. The Labute approximate surface area is 115 Å². The van der Waals surface area contributed by atoms with Crippen LogP contribution in [0.25, 0.3) is 0 Å². The van der Waals surface area contributed by atoms with Crippen LogP contribution < -0.4 is 0 Å². The number of thioether (sulfide) groups is 1. The monoisotopic (exact) mass is 258 g/mol. The first kappa shape index (κ1) is 13.5. The normalized spacial score (nSPS) is 15.3. The fraction of sp³-hybridized carbons (Fsp3) is 0.412. The van der Waals surface area contributed by atoms with E-state index in [1.165, 1.54) is 16.0 Å².